The first-order chi connectivity index (χ1) is 28.3. The molecule has 0 aliphatic heterocycles. The van der Waals surface area contributed by atoms with Crippen LogP contribution in [0.5, 0.6) is 0 Å². The molecule has 0 radical (unpaired) electrons. The van der Waals surface area contributed by atoms with E-state index in [0.29, 0.717) is 5.82 Å². The number of hydrogen-bond donors (Lipinski definition) is 0. The molecule has 4 aromatic heterocycles. The van der Waals surface area contributed by atoms with Gasteiger partial charge in [-0.15, -0.1) is 0 Å². The molecule has 8 aromatic carbocycles. The van der Waals surface area contributed by atoms with Gasteiger partial charge in [-0.05, 0) is 60.7 Å². The highest BCUT2D eigenvalue weighted by Gasteiger charge is 2.22. The molecule has 12 rings (SSSR count). The standard InChI is InChI=1S/C52H33N5/c1-3-15-34(16-4-1)42-33-49(54-52(53-42)35-17-5-2-6-18-35)57-46-26-14-10-22-41(46)51-48(57)32-31-47-50(51)40-21-9-13-25-45(40)56(47)37-29-27-36(28-30-37)55-43-23-11-7-19-38(43)39-20-8-12-24-44(39)55/h1-33H. The zero-order valence-electron chi connectivity index (χ0n) is 30.8. The number of benzene rings is 8. The van der Waals surface area contributed by atoms with Crippen molar-refractivity contribution in [1.29, 1.82) is 0 Å². The van der Waals surface area contributed by atoms with E-state index in [0.717, 1.165) is 50.6 Å². The van der Waals surface area contributed by atoms with Gasteiger partial charge in [0.2, 0.25) is 0 Å². The van der Waals surface area contributed by atoms with E-state index in [-0.39, 0.29) is 0 Å². The van der Waals surface area contributed by atoms with Crippen molar-refractivity contribution in [3.63, 3.8) is 0 Å². The monoisotopic (exact) mass is 727 g/mol. The fourth-order valence-corrected chi connectivity index (χ4v) is 9.02. The van der Waals surface area contributed by atoms with Crippen molar-refractivity contribution in [2.45, 2.75) is 0 Å². The van der Waals surface area contributed by atoms with Crippen molar-refractivity contribution < 1.29 is 0 Å². The predicted octanol–water partition coefficient (Wildman–Crippen LogP) is 13.1. The van der Waals surface area contributed by atoms with Crippen LogP contribution in [0.1, 0.15) is 0 Å². The summed E-state index contributed by atoms with van der Waals surface area (Å²) < 4.78 is 7.10. The van der Waals surface area contributed by atoms with Crippen LogP contribution < -0.4 is 0 Å². The van der Waals surface area contributed by atoms with Gasteiger partial charge in [0.25, 0.3) is 0 Å². The van der Waals surface area contributed by atoms with Crippen molar-refractivity contribution in [3.8, 4) is 39.8 Å². The first-order valence-electron chi connectivity index (χ1n) is 19.3. The Morgan fingerprint density at radius 1 is 0.298 bits per heavy atom. The fraction of sp³-hybridized carbons (Fsp3) is 0. The van der Waals surface area contributed by atoms with E-state index < -0.39 is 0 Å². The van der Waals surface area contributed by atoms with Crippen LogP contribution in [0, 0.1) is 0 Å². The molecule has 0 fully saturated rings. The predicted molar refractivity (Wildman–Crippen MR) is 236 cm³/mol. The minimum atomic E-state index is 0.694. The van der Waals surface area contributed by atoms with E-state index in [1.807, 2.05) is 24.3 Å². The number of fused-ring (bicyclic) bond motifs is 10. The maximum Gasteiger partial charge on any atom is 0.162 e. The van der Waals surface area contributed by atoms with Gasteiger partial charge in [0, 0.05) is 60.9 Å². The summed E-state index contributed by atoms with van der Waals surface area (Å²) in [5.74, 6) is 1.53. The Kier molecular flexibility index (Phi) is 6.86. The molecule has 57 heavy (non-hydrogen) atoms. The third-order valence-electron chi connectivity index (χ3n) is 11.5. The lowest BCUT2D eigenvalue weighted by Gasteiger charge is -2.13. The third kappa shape index (κ3) is 4.76. The van der Waals surface area contributed by atoms with Gasteiger partial charge >= 0.3 is 0 Å². The van der Waals surface area contributed by atoms with Crippen LogP contribution in [-0.2, 0) is 0 Å². The molecule has 0 aliphatic carbocycles. The van der Waals surface area contributed by atoms with Crippen molar-refractivity contribution in [2.75, 3.05) is 0 Å². The van der Waals surface area contributed by atoms with Crippen LogP contribution >= 0.6 is 0 Å². The first-order valence-corrected chi connectivity index (χ1v) is 19.3. The molecule has 0 spiro atoms. The third-order valence-corrected chi connectivity index (χ3v) is 11.5. The molecule has 0 bridgehead atoms. The summed E-state index contributed by atoms with van der Waals surface area (Å²) in [5.41, 5.74) is 12.1. The first kappa shape index (κ1) is 31.6. The van der Waals surface area contributed by atoms with E-state index in [1.54, 1.807) is 0 Å². The lowest BCUT2D eigenvalue weighted by molar-refractivity contribution is 1.05. The molecule has 12 aromatic rings. The SMILES string of the molecule is c1ccc(-c2cc(-n3c4ccccc4c4c5c6ccccc6n(-c6ccc(-n7c8ccccc8c8ccccc87)cc6)c5ccc43)nc(-c3ccccc3)n2)cc1. The largest absolute Gasteiger partial charge is 0.309 e. The van der Waals surface area contributed by atoms with E-state index in [4.69, 9.17) is 9.97 Å². The molecule has 4 heterocycles. The van der Waals surface area contributed by atoms with Crippen LogP contribution in [-0.4, -0.2) is 23.7 Å². The van der Waals surface area contributed by atoms with Gasteiger partial charge in [-0.1, -0.05) is 133 Å². The minimum Gasteiger partial charge on any atom is -0.309 e. The van der Waals surface area contributed by atoms with Gasteiger partial charge in [-0.2, -0.15) is 0 Å². The van der Waals surface area contributed by atoms with Crippen LogP contribution in [0.2, 0.25) is 0 Å². The normalized spacial score (nSPS) is 11.9. The molecular formula is C52H33N5. The Labute approximate surface area is 328 Å². The summed E-state index contributed by atoms with van der Waals surface area (Å²) in [6.45, 7) is 0. The van der Waals surface area contributed by atoms with Gasteiger partial charge in [-0.3, -0.25) is 4.57 Å². The van der Waals surface area contributed by atoms with E-state index in [9.17, 15) is 0 Å². The molecule has 0 unspecified atom stereocenters. The molecule has 5 heteroatoms. The fourth-order valence-electron chi connectivity index (χ4n) is 9.02. The Bertz CT molecular complexity index is 3390. The van der Waals surface area contributed by atoms with Crippen molar-refractivity contribution in [3.05, 3.63) is 200 Å². The maximum atomic E-state index is 5.28. The number of para-hydroxylation sites is 4. The minimum absolute atomic E-state index is 0.694. The van der Waals surface area contributed by atoms with Gasteiger partial charge in [0.05, 0.1) is 38.8 Å². The summed E-state index contributed by atoms with van der Waals surface area (Å²) in [5, 5.41) is 7.36. The Balaban J connectivity index is 1.09. The summed E-state index contributed by atoms with van der Waals surface area (Å²) in [7, 11) is 0. The number of aromatic nitrogens is 5. The maximum absolute atomic E-state index is 5.28. The Morgan fingerprint density at radius 2 is 0.702 bits per heavy atom. The molecular weight excluding hydrogens is 695 g/mol. The second kappa shape index (κ2) is 12.4. The number of rotatable bonds is 5. The summed E-state index contributed by atoms with van der Waals surface area (Å²) in [4.78, 5) is 10.4. The summed E-state index contributed by atoms with van der Waals surface area (Å²) in [6, 6.07) is 71.2. The molecule has 0 amide bonds. The molecule has 266 valence electrons. The average molecular weight is 728 g/mol. The highest BCUT2D eigenvalue weighted by molar-refractivity contribution is 6.29. The Morgan fingerprint density at radius 3 is 1.25 bits per heavy atom. The van der Waals surface area contributed by atoms with Crippen molar-refractivity contribution in [1.82, 2.24) is 23.7 Å². The highest BCUT2D eigenvalue weighted by Crippen LogP contribution is 2.43. The van der Waals surface area contributed by atoms with Crippen LogP contribution in [0.25, 0.3) is 105 Å². The lowest BCUT2D eigenvalue weighted by atomic mass is 10.1. The van der Waals surface area contributed by atoms with E-state index >= 15 is 0 Å². The number of hydrogen-bond acceptors (Lipinski definition) is 2. The topological polar surface area (TPSA) is 40.6 Å². The van der Waals surface area contributed by atoms with Gasteiger partial charge in [-0.25, -0.2) is 9.97 Å². The van der Waals surface area contributed by atoms with Crippen LogP contribution in [0.15, 0.2) is 200 Å². The smallest absolute Gasteiger partial charge is 0.162 e. The molecule has 0 saturated heterocycles. The van der Waals surface area contributed by atoms with Crippen LogP contribution in [0.4, 0.5) is 0 Å². The zero-order chi connectivity index (χ0) is 37.5. The molecule has 0 N–H and O–H groups in total. The second-order valence-corrected chi connectivity index (χ2v) is 14.6. The molecule has 0 saturated carbocycles. The average Bonchev–Trinajstić information content (AvgIpc) is 3.93. The quantitative estimate of drug-likeness (QED) is 0.177. The highest BCUT2D eigenvalue weighted by atomic mass is 15.1. The lowest BCUT2D eigenvalue weighted by Crippen LogP contribution is -2.02. The van der Waals surface area contributed by atoms with E-state index in [1.165, 1.54) is 48.9 Å². The van der Waals surface area contributed by atoms with Gasteiger partial charge in [0.15, 0.2) is 5.82 Å². The molecule has 0 atom stereocenters. The van der Waals surface area contributed by atoms with E-state index in [2.05, 4.69) is 190 Å². The van der Waals surface area contributed by atoms with Gasteiger partial charge < -0.3 is 9.13 Å². The second-order valence-electron chi connectivity index (χ2n) is 14.6. The molecule has 0 aliphatic rings. The summed E-state index contributed by atoms with van der Waals surface area (Å²) in [6.07, 6.45) is 0. The van der Waals surface area contributed by atoms with Crippen LogP contribution in [0.3, 0.4) is 0 Å². The zero-order valence-corrected chi connectivity index (χ0v) is 30.8. The van der Waals surface area contributed by atoms with Gasteiger partial charge in [0.1, 0.15) is 5.82 Å². The van der Waals surface area contributed by atoms with Crippen molar-refractivity contribution >= 4 is 65.4 Å². The molecule has 5 nitrogen and oxygen atoms in total. The summed E-state index contributed by atoms with van der Waals surface area (Å²) >= 11 is 0. The Hall–Kier alpha value is -7.76. The van der Waals surface area contributed by atoms with Crippen molar-refractivity contribution in [2.24, 2.45) is 0 Å². The number of nitrogens with zero attached hydrogens (tertiary/aromatic N) is 5.